The molecule has 140 valence electrons. The van der Waals surface area contributed by atoms with Gasteiger partial charge in [0.1, 0.15) is 11.6 Å². The number of carbonyl (C=O) groups is 2. The van der Waals surface area contributed by atoms with E-state index in [1.165, 1.54) is 4.90 Å². The van der Waals surface area contributed by atoms with Crippen LogP contribution >= 0.6 is 11.8 Å². The number of aliphatic carboxylic acids is 1. The number of aliphatic imine (C=N–C) groups is 1. The number of benzene rings is 1. The van der Waals surface area contributed by atoms with Crippen molar-refractivity contribution in [3.63, 3.8) is 0 Å². The number of amidine groups is 1. The number of nitrogens with zero attached hydrogens (tertiary/aromatic N) is 2. The highest BCUT2D eigenvalue weighted by molar-refractivity contribution is 8.16. The van der Waals surface area contributed by atoms with Crippen LogP contribution in [0.15, 0.2) is 23.2 Å². The maximum absolute atomic E-state index is 14.3. The molecule has 3 rings (SSSR count). The third-order valence-electron chi connectivity index (χ3n) is 4.01. The molecule has 0 saturated carbocycles. The molecule has 2 saturated heterocycles. The van der Waals surface area contributed by atoms with Crippen LogP contribution in [0, 0.1) is 11.6 Å². The largest absolute Gasteiger partial charge is 0.481 e. The van der Waals surface area contributed by atoms with Crippen molar-refractivity contribution < 1.29 is 31.9 Å². The van der Waals surface area contributed by atoms with Gasteiger partial charge in [0.15, 0.2) is 15.0 Å². The summed E-state index contributed by atoms with van der Waals surface area (Å²) in [6.07, 6.45) is -0.723. The highest BCUT2D eigenvalue weighted by Gasteiger charge is 2.50. The lowest BCUT2D eigenvalue weighted by Gasteiger charge is -2.24. The second kappa shape index (κ2) is 6.95. The minimum atomic E-state index is -3.32. The first kappa shape index (κ1) is 18.8. The molecule has 1 aromatic rings. The average Bonchev–Trinajstić information content (AvgIpc) is 2.97. The predicted molar refractivity (Wildman–Crippen MR) is 92.0 cm³/mol. The van der Waals surface area contributed by atoms with E-state index in [0.717, 1.165) is 23.9 Å². The van der Waals surface area contributed by atoms with Gasteiger partial charge in [-0.2, -0.15) is 4.99 Å². The first-order valence-corrected chi connectivity index (χ1v) is 10.3. The molecule has 0 bridgehead atoms. The molecule has 1 amide bonds. The standard InChI is InChI=1S/C15H14F2N2O5S2/c16-8-1-2-10(9(17)5-8)19-11-6-26(23,24)7-12(11)25-15(19)18-13(20)3-4-14(21)22/h1-2,5,11-12H,3-4,6-7H2,(H,21,22)/t11-,12+/m1/s1. The van der Waals surface area contributed by atoms with E-state index in [1.807, 2.05) is 0 Å². The molecule has 2 aliphatic rings. The summed E-state index contributed by atoms with van der Waals surface area (Å²) in [4.78, 5) is 27.6. The molecule has 26 heavy (non-hydrogen) atoms. The Balaban J connectivity index is 1.96. The van der Waals surface area contributed by atoms with Gasteiger partial charge in [-0.25, -0.2) is 17.2 Å². The lowest BCUT2D eigenvalue weighted by Crippen LogP contribution is -2.38. The summed E-state index contributed by atoms with van der Waals surface area (Å²) in [6.45, 7) is 0. The minimum Gasteiger partial charge on any atom is -0.481 e. The van der Waals surface area contributed by atoms with Crippen LogP contribution in [0.2, 0.25) is 0 Å². The number of rotatable bonds is 4. The third-order valence-corrected chi connectivity index (χ3v) is 7.22. The fraction of sp³-hybridized carbons (Fsp3) is 0.400. The van der Waals surface area contributed by atoms with Crippen LogP contribution in [0.25, 0.3) is 0 Å². The molecule has 0 aromatic heterocycles. The van der Waals surface area contributed by atoms with Gasteiger partial charge in [-0.1, -0.05) is 11.8 Å². The van der Waals surface area contributed by atoms with Crippen molar-refractivity contribution in [1.29, 1.82) is 0 Å². The number of sulfone groups is 1. The molecule has 2 atom stereocenters. The van der Waals surface area contributed by atoms with E-state index < -0.39 is 51.1 Å². The van der Waals surface area contributed by atoms with Crippen LogP contribution in [0.5, 0.6) is 0 Å². The summed E-state index contributed by atoms with van der Waals surface area (Å²) in [5, 5.41) is 8.30. The zero-order valence-electron chi connectivity index (χ0n) is 13.3. The zero-order valence-corrected chi connectivity index (χ0v) is 14.9. The van der Waals surface area contributed by atoms with Gasteiger partial charge in [0.05, 0.1) is 29.7 Å². The average molecular weight is 404 g/mol. The lowest BCUT2D eigenvalue weighted by atomic mass is 10.2. The van der Waals surface area contributed by atoms with Gasteiger partial charge in [-0.3, -0.25) is 9.59 Å². The van der Waals surface area contributed by atoms with Crippen molar-refractivity contribution in [2.75, 3.05) is 16.4 Å². The monoisotopic (exact) mass is 404 g/mol. The number of anilines is 1. The Bertz CT molecular complexity index is 903. The minimum absolute atomic E-state index is 0.0757. The number of carboxylic acid groups (broad SMARTS) is 1. The second-order valence-electron chi connectivity index (χ2n) is 5.95. The fourth-order valence-electron chi connectivity index (χ4n) is 2.90. The molecule has 0 spiro atoms. The first-order valence-electron chi connectivity index (χ1n) is 7.61. The number of hydrogen-bond acceptors (Lipinski definition) is 5. The van der Waals surface area contributed by atoms with Gasteiger partial charge in [0, 0.05) is 17.7 Å². The Morgan fingerprint density at radius 3 is 2.65 bits per heavy atom. The smallest absolute Gasteiger partial charge is 0.303 e. The van der Waals surface area contributed by atoms with E-state index in [0.29, 0.717) is 6.07 Å². The maximum Gasteiger partial charge on any atom is 0.303 e. The SMILES string of the molecule is O=C(O)CCC(=O)N=C1S[C@H]2CS(=O)(=O)C[C@H]2N1c1ccc(F)cc1F. The summed E-state index contributed by atoms with van der Waals surface area (Å²) in [5.41, 5.74) is -0.0757. The molecule has 0 radical (unpaired) electrons. The van der Waals surface area contributed by atoms with Gasteiger partial charge < -0.3 is 10.0 Å². The third kappa shape index (κ3) is 3.88. The maximum atomic E-state index is 14.3. The van der Waals surface area contributed by atoms with Gasteiger partial charge in [-0.15, -0.1) is 0 Å². The van der Waals surface area contributed by atoms with Crippen LogP contribution in [-0.4, -0.2) is 53.4 Å². The molecule has 0 unspecified atom stereocenters. The fourth-order valence-corrected chi connectivity index (χ4v) is 6.82. The van der Waals surface area contributed by atoms with Crippen molar-refractivity contribution in [2.24, 2.45) is 4.99 Å². The number of hydrogen-bond donors (Lipinski definition) is 1. The summed E-state index contributed by atoms with van der Waals surface area (Å²) in [5.74, 6) is -3.91. The van der Waals surface area contributed by atoms with E-state index >= 15 is 0 Å². The lowest BCUT2D eigenvalue weighted by molar-refractivity contribution is -0.138. The zero-order chi connectivity index (χ0) is 19.1. The molecular weight excluding hydrogens is 390 g/mol. The quantitative estimate of drug-likeness (QED) is 0.810. The normalized spacial score (nSPS) is 25.5. The molecule has 1 N–H and O–H groups in total. The number of carbonyl (C=O) groups excluding carboxylic acids is 1. The number of carboxylic acids is 1. The predicted octanol–water partition coefficient (Wildman–Crippen LogP) is 1.43. The van der Waals surface area contributed by atoms with Gasteiger partial charge in [0.2, 0.25) is 5.91 Å². The van der Waals surface area contributed by atoms with Crippen molar-refractivity contribution in [3.05, 3.63) is 29.8 Å². The molecule has 11 heteroatoms. The van der Waals surface area contributed by atoms with E-state index in [2.05, 4.69) is 4.99 Å². The summed E-state index contributed by atoms with van der Waals surface area (Å²) < 4.78 is 51.3. The number of amides is 1. The molecule has 2 aliphatic heterocycles. The summed E-state index contributed by atoms with van der Waals surface area (Å²) >= 11 is 1.03. The summed E-state index contributed by atoms with van der Waals surface area (Å²) in [6, 6.07) is 2.23. The van der Waals surface area contributed by atoms with Crippen LogP contribution in [0.4, 0.5) is 14.5 Å². The Morgan fingerprint density at radius 2 is 2.00 bits per heavy atom. The van der Waals surface area contributed by atoms with Gasteiger partial charge in [0.25, 0.3) is 0 Å². The van der Waals surface area contributed by atoms with Crippen molar-refractivity contribution >= 4 is 44.3 Å². The van der Waals surface area contributed by atoms with E-state index in [1.54, 1.807) is 0 Å². The number of halogens is 2. The molecule has 7 nitrogen and oxygen atoms in total. The first-order chi connectivity index (χ1) is 12.2. The molecule has 2 fully saturated rings. The Morgan fingerprint density at radius 1 is 1.27 bits per heavy atom. The van der Waals surface area contributed by atoms with E-state index in [-0.39, 0.29) is 28.8 Å². The van der Waals surface area contributed by atoms with Crippen LogP contribution < -0.4 is 4.90 Å². The number of fused-ring (bicyclic) bond motifs is 1. The van der Waals surface area contributed by atoms with Gasteiger partial charge >= 0.3 is 5.97 Å². The summed E-state index contributed by atoms with van der Waals surface area (Å²) in [7, 11) is -3.32. The van der Waals surface area contributed by atoms with Gasteiger partial charge in [-0.05, 0) is 12.1 Å². The van der Waals surface area contributed by atoms with Crippen LogP contribution in [0.3, 0.4) is 0 Å². The number of thioether (sulfide) groups is 1. The molecular formula is C15H14F2N2O5S2. The van der Waals surface area contributed by atoms with Crippen molar-refractivity contribution in [3.8, 4) is 0 Å². The molecule has 1 aromatic carbocycles. The highest BCUT2D eigenvalue weighted by Crippen LogP contribution is 2.41. The Hall–Kier alpha value is -2.01. The molecule has 0 aliphatic carbocycles. The van der Waals surface area contributed by atoms with Crippen LogP contribution in [-0.2, 0) is 19.4 Å². The van der Waals surface area contributed by atoms with E-state index in [9.17, 15) is 26.8 Å². The second-order valence-corrected chi connectivity index (χ2v) is 9.31. The highest BCUT2D eigenvalue weighted by atomic mass is 32.2. The Kier molecular flexibility index (Phi) is 5.02. The van der Waals surface area contributed by atoms with Crippen molar-refractivity contribution in [1.82, 2.24) is 0 Å². The topological polar surface area (TPSA) is 104 Å². The van der Waals surface area contributed by atoms with Crippen molar-refractivity contribution in [2.45, 2.75) is 24.1 Å². The molecule has 2 heterocycles. The van der Waals surface area contributed by atoms with Crippen LogP contribution in [0.1, 0.15) is 12.8 Å². The Labute approximate surface area is 152 Å². The van der Waals surface area contributed by atoms with E-state index in [4.69, 9.17) is 5.11 Å².